The minimum absolute atomic E-state index is 0.0290. The van der Waals surface area contributed by atoms with Gasteiger partial charge in [-0.2, -0.15) is 13.2 Å². The Kier molecular flexibility index (Phi) is 7.98. The number of aryl methyl sites for hydroxylation is 1. The first-order valence-electron chi connectivity index (χ1n) is 8.95. The van der Waals surface area contributed by atoms with Crippen molar-refractivity contribution in [3.8, 4) is 11.5 Å². The number of carbonyl (C=O) groups is 2. The summed E-state index contributed by atoms with van der Waals surface area (Å²) in [5, 5.41) is 7.59. The molecule has 11 heteroatoms. The molecular formula is C20H21ClF3N3O4. The van der Waals surface area contributed by atoms with Gasteiger partial charge in [0.2, 0.25) is 5.91 Å². The zero-order valence-corrected chi connectivity index (χ0v) is 17.7. The maximum Gasteiger partial charge on any atom is 0.405 e. The van der Waals surface area contributed by atoms with E-state index in [2.05, 4.69) is 10.6 Å². The third kappa shape index (κ3) is 6.95. The van der Waals surface area contributed by atoms with Crippen molar-refractivity contribution in [2.45, 2.75) is 13.1 Å². The molecule has 0 aliphatic heterocycles. The second kappa shape index (κ2) is 10.3. The molecule has 2 rings (SSSR count). The highest BCUT2D eigenvalue weighted by atomic mass is 35.5. The highest BCUT2D eigenvalue weighted by Gasteiger charge is 2.28. The van der Waals surface area contributed by atoms with Crippen molar-refractivity contribution >= 4 is 34.8 Å². The molecule has 2 aromatic rings. The van der Waals surface area contributed by atoms with E-state index in [1.165, 1.54) is 38.5 Å². The molecular weight excluding hydrogens is 439 g/mol. The van der Waals surface area contributed by atoms with Crippen LogP contribution in [0.1, 0.15) is 15.9 Å². The standard InChI is InChI=1S/C20H21ClF3N3O4/c1-11-4-5-12(19(29)26-10-20(22,23)24)6-14(11)25-9-18(28)27-15-7-13(21)16(30-2)8-17(15)31-3/h4-8,25H,9-10H2,1-3H3,(H,26,29)(H,27,28). The lowest BCUT2D eigenvalue weighted by molar-refractivity contribution is -0.123. The van der Waals surface area contributed by atoms with E-state index in [-0.39, 0.29) is 17.1 Å². The summed E-state index contributed by atoms with van der Waals surface area (Å²) in [4.78, 5) is 24.3. The van der Waals surface area contributed by atoms with Gasteiger partial charge in [0, 0.05) is 17.3 Å². The molecule has 0 aliphatic carbocycles. The Hall–Kier alpha value is -3.14. The first kappa shape index (κ1) is 24.1. The fourth-order valence-corrected chi connectivity index (χ4v) is 2.80. The first-order valence-corrected chi connectivity index (χ1v) is 9.32. The third-order valence-electron chi connectivity index (χ3n) is 4.14. The molecule has 3 N–H and O–H groups in total. The lowest BCUT2D eigenvalue weighted by Crippen LogP contribution is -2.33. The topological polar surface area (TPSA) is 88.7 Å². The normalized spacial score (nSPS) is 10.9. The number of alkyl halides is 3. The Morgan fingerprint density at radius 1 is 1.03 bits per heavy atom. The summed E-state index contributed by atoms with van der Waals surface area (Å²) < 4.78 is 47.2. The van der Waals surface area contributed by atoms with Crippen LogP contribution in [0.3, 0.4) is 0 Å². The minimum atomic E-state index is -4.51. The van der Waals surface area contributed by atoms with Gasteiger partial charge in [0.05, 0.1) is 31.5 Å². The van der Waals surface area contributed by atoms with Crippen molar-refractivity contribution in [2.24, 2.45) is 0 Å². The molecule has 7 nitrogen and oxygen atoms in total. The highest BCUT2D eigenvalue weighted by molar-refractivity contribution is 6.32. The molecule has 2 aromatic carbocycles. The zero-order chi connectivity index (χ0) is 23.2. The van der Waals surface area contributed by atoms with Gasteiger partial charge >= 0.3 is 6.18 Å². The van der Waals surface area contributed by atoms with Gasteiger partial charge in [-0.05, 0) is 30.7 Å². The van der Waals surface area contributed by atoms with Crippen LogP contribution in [0, 0.1) is 6.92 Å². The highest BCUT2D eigenvalue weighted by Crippen LogP contribution is 2.35. The third-order valence-corrected chi connectivity index (χ3v) is 4.43. The Balaban J connectivity index is 2.05. The van der Waals surface area contributed by atoms with E-state index < -0.39 is 24.5 Å². The van der Waals surface area contributed by atoms with E-state index in [9.17, 15) is 22.8 Å². The Bertz CT molecular complexity index is 967. The quantitative estimate of drug-likeness (QED) is 0.555. The van der Waals surface area contributed by atoms with Gasteiger partial charge in [0.15, 0.2) is 0 Å². The van der Waals surface area contributed by atoms with Crippen LogP contribution >= 0.6 is 11.6 Å². The first-order chi connectivity index (χ1) is 14.5. The van der Waals surface area contributed by atoms with E-state index in [4.69, 9.17) is 21.1 Å². The van der Waals surface area contributed by atoms with E-state index in [1.54, 1.807) is 18.3 Å². The van der Waals surface area contributed by atoms with Crippen molar-refractivity contribution in [3.63, 3.8) is 0 Å². The molecule has 168 valence electrons. The number of halogens is 4. The van der Waals surface area contributed by atoms with Crippen LogP contribution in [0.25, 0.3) is 0 Å². The maximum atomic E-state index is 12.4. The number of anilines is 2. The fourth-order valence-electron chi connectivity index (χ4n) is 2.56. The summed E-state index contributed by atoms with van der Waals surface area (Å²) in [5.41, 5.74) is 1.48. The van der Waals surface area contributed by atoms with Crippen molar-refractivity contribution in [2.75, 3.05) is 37.9 Å². The minimum Gasteiger partial charge on any atom is -0.495 e. The Morgan fingerprint density at radius 3 is 2.32 bits per heavy atom. The van der Waals surface area contributed by atoms with Gasteiger partial charge in [0.1, 0.15) is 18.0 Å². The van der Waals surface area contributed by atoms with Crippen LogP contribution < -0.4 is 25.4 Å². The summed E-state index contributed by atoms with van der Waals surface area (Å²) in [6.07, 6.45) is -4.51. The molecule has 0 saturated carbocycles. The molecule has 31 heavy (non-hydrogen) atoms. The Morgan fingerprint density at radius 2 is 1.71 bits per heavy atom. The lowest BCUT2D eigenvalue weighted by Gasteiger charge is -2.15. The monoisotopic (exact) mass is 459 g/mol. The van der Waals surface area contributed by atoms with Crippen LogP contribution in [0.5, 0.6) is 11.5 Å². The number of hydrogen-bond donors (Lipinski definition) is 3. The molecule has 0 radical (unpaired) electrons. The summed E-state index contributed by atoms with van der Waals surface area (Å²) in [6.45, 7) is 0.113. The average Bonchev–Trinajstić information content (AvgIpc) is 2.71. The van der Waals surface area contributed by atoms with E-state index in [1.807, 2.05) is 0 Å². The van der Waals surface area contributed by atoms with Gasteiger partial charge in [-0.15, -0.1) is 0 Å². The predicted octanol–water partition coefficient (Wildman–Crippen LogP) is 4.01. The van der Waals surface area contributed by atoms with Gasteiger partial charge in [-0.25, -0.2) is 0 Å². The van der Waals surface area contributed by atoms with Gasteiger partial charge < -0.3 is 25.4 Å². The van der Waals surface area contributed by atoms with Crippen LogP contribution in [0.4, 0.5) is 24.5 Å². The van der Waals surface area contributed by atoms with Gasteiger partial charge in [-0.3, -0.25) is 9.59 Å². The van der Waals surface area contributed by atoms with E-state index in [0.717, 1.165) is 0 Å². The number of hydrogen-bond acceptors (Lipinski definition) is 5. The molecule has 0 aromatic heterocycles. The fraction of sp³-hybridized carbons (Fsp3) is 0.300. The van der Waals surface area contributed by atoms with Crippen molar-refractivity contribution < 1.29 is 32.2 Å². The molecule has 2 amide bonds. The summed E-state index contributed by atoms with van der Waals surface area (Å²) >= 11 is 6.08. The predicted molar refractivity (Wildman–Crippen MR) is 111 cm³/mol. The van der Waals surface area contributed by atoms with Gasteiger partial charge in [-0.1, -0.05) is 17.7 Å². The molecule has 0 heterocycles. The number of nitrogens with one attached hydrogen (secondary N) is 3. The van der Waals surface area contributed by atoms with Crippen LogP contribution in [0.2, 0.25) is 5.02 Å². The van der Waals surface area contributed by atoms with Crippen LogP contribution in [-0.2, 0) is 4.79 Å². The number of amides is 2. The second-order valence-electron chi connectivity index (χ2n) is 6.42. The smallest absolute Gasteiger partial charge is 0.405 e. The molecule has 0 fully saturated rings. The largest absolute Gasteiger partial charge is 0.495 e. The van der Waals surface area contributed by atoms with E-state index in [0.29, 0.717) is 28.4 Å². The van der Waals surface area contributed by atoms with Crippen molar-refractivity contribution in [3.05, 3.63) is 46.5 Å². The summed E-state index contributed by atoms with van der Waals surface area (Å²) in [6, 6.07) is 7.34. The summed E-state index contributed by atoms with van der Waals surface area (Å²) in [7, 11) is 2.87. The van der Waals surface area contributed by atoms with Crippen molar-refractivity contribution in [1.82, 2.24) is 5.32 Å². The molecule has 0 spiro atoms. The average molecular weight is 460 g/mol. The van der Waals surface area contributed by atoms with Crippen molar-refractivity contribution in [1.29, 1.82) is 0 Å². The van der Waals surface area contributed by atoms with Crippen LogP contribution in [-0.4, -0.2) is 45.3 Å². The lowest BCUT2D eigenvalue weighted by atomic mass is 10.1. The maximum absolute atomic E-state index is 12.4. The van der Waals surface area contributed by atoms with E-state index >= 15 is 0 Å². The number of rotatable bonds is 8. The summed E-state index contributed by atoms with van der Waals surface area (Å²) in [5.74, 6) is -0.590. The number of methoxy groups -OCH3 is 2. The SMILES string of the molecule is COc1cc(OC)c(NC(=O)CNc2cc(C(=O)NCC(F)(F)F)ccc2C)cc1Cl. The molecule has 0 bridgehead atoms. The van der Waals surface area contributed by atoms with Crippen LogP contribution in [0.15, 0.2) is 30.3 Å². The molecule has 0 atom stereocenters. The second-order valence-corrected chi connectivity index (χ2v) is 6.82. The number of benzene rings is 2. The number of ether oxygens (including phenoxy) is 2. The molecule has 0 saturated heterocycles. The molecule has 0 aliphatic rings. The zero-order valence-electron chi connectivity index (χ0n) is 16.9. The molecule has 0 unspecified atom stereocenters. The number of carbonyl (C=O) groups excluding carboxylic acids is 2. The Labute approximate surface area is 181 Å². The van der Waals surface area contributed by atoms with Gasteiger partial charge in [0.25, 0.3) is 5.91 Å².